The fraction of sp³-hybridized carbons (Fsp3) is 0.133. The van der Waals surface area contributed by atoms with Crippen LogP contribution in [-0.2, 0) is 0 Å². The van der Waals surface area contributed by atoms with Crippen molar-refractivity contribution in [3.05, 3.63) is 58.4 Å². The smallest absolute Gasteiger partial charge is 0.170 e. The van der Waals surface area contributed by atoms with Crippen LogP contribution < -0.4 is 10.5 Å². The lowest BCUT2D eigenvalue weighted by atomic mass is 9.95. The van der Waals surface area contributed by atoms with Gasteiger partial charge in [-0.2, -0.15) is 0 Å². The normalized spacial score (nSPS) is 17.5. The molecule has 2 aromatic carbocycles. The van der Waals surface area contributed by atoms with Crippen molar-refractivity contribution in [2.75, 3.05) is 5.73 Å². The highest BCUT2D eigenvalue weighted by molar-refractivity contribution is 6.31. The summed E-state index contributed by atoms with van der Waals surface area (Å²) in [7, 11) is 0. The van der Waals surface area contributed by atoms with Crippen LogP contribution in [0.4, 0.5) is 10.1 Å². The Bertz CT molecular complexity index is 702. The van der Waals surface area contributed by atoms with Crippen LogP contribution in [0.25, 0.3) is 0 Å². The molecular weight excluding hydrogens is 281 g/mol. The summed E-state index contributed by atoms with van der Waals surface area (Å²) >= 11 is 6.11. The summed E-state index contributed by atoms with van der Waals surface area (Å²) in [6.07, 6.45) is -0.393. The lowest BCUT2D eigenvalue weighted by Gasteiger charge is -2.27. The molecule has 0 radical (unpaired) electrons. The monoisotopic (exact) mass is 291 g/mol. The number of nitrogens with two attached hydrogens (primary N) is 1. The zero-order chi connectivity index (χ0) is 14.3. The average molecular weight is 292 g/mol. The lowest BCUT2D eigenvalue weighted by Crippen LogP contribution is -2.21. The molecule has 0 bridgehead atoms. The van der Waals surface area contributed by atoms with Crippen LogP contribution in [0.2, 0.25) is 5.02 Å². The van der Waals surface area contributed by atoms with Crippen LogP contribution in [0.15, 0.2) is 36.4 Å². The van der Waals surface area contributed by atoms with E-state index in [1.165, 1.54) is 0 Å². The SMILES string of the molecule is Nc1cc(F)cc2c1OC(c1ccccc1Cl)CC2=O. The molecule has 3 nitrogen and oxygen atoms in total. The van der Waals surface area contributed by atoms with Gasteiger partial charge in [0, 0.05) is 16.7 Å². The number of carbonyl (C=O) groups is 1. The van der Waals surface area contributed by atoms with Gasteiger partial charge in [0.15, 0.2) is 11.5 Å². The van der Waals surface area contributed by atoms with Crippen molar-refractivity contribution in [1.29, 1.82) is 0 Å². The minimum absolute atomic E-state index is 0.111. The topological polar surface area (TPSA) is 52.3 Å². The fourth-order valence-electron chi connectivity index (χ4n) is 2.33. The van der Waals surface area contributed by atoms with Crippen molar-refractivity contribution in [3.8, 4) is 5.75 Å². The molecule has 0 spiro atoms. The summed E-state index contributed by atoms with van der Waals surface area (Å²) in [5.74, 6) is -0.524. The van der Waals surface area contributed by atoms with E-state index >= 15 is 0 Å². The highest BCUT2D eigenvalue weighted by atomic mass is 35.5. The van der Waals surface area contributed by atoms with Crippen molar-refractivity contribution in [1.82, 2.24) is 0 Å². The first-order valence-electron chi connectivity index (χ1n) is 6.09. The number of fused-ring (bicyclic) bond motifs is 1. The molecule has 102 valence electrons. The molecule has 2 N–H and O–H groups in total. The Morgan fingerprint density at radius 3 is 2.80 bits per heavy atom. The Hall–Kier alpha value is -2.07. The molecule has 0 saturated carbocycles. The number of nitrogen functional groups attached to an aromatic ring is 1. The fourth-order valence-corrected chi connectivity index (χ4v) is 2.58. The van der Waals surface area contributed by atoms with Crippen LogP contribution in [0.3, 0.4) is 0 Å². The van der Waals surface area contributed by atoms with Gasteiger partial charge < -0.3 is 10.5 Å². The first-order valence-corrected chi connectivity index (χ1v) is 6.47. The first kappa shape index (κ1) is 12.9. The molecule has 1 aliphatic heterocycles. The van der Waals surface area contributed by atoms with E-state index < -0.39 is 11.9 Å². The molecule has 2 aromatic rings. The Balaban J connectivity index is 2.05. The van der Waals surface area contributed by atoms with E-state index in [0.29, 0.717) is 5.02 Å². The highest BCUT2D eigenvalue weighted by Gasteiger charge is 2.30. The van der Waals surface area contributed by atoms with Gasteiger partial charge >= 0.3 is 0 Å². The summed E-state index contributed by atoms with van der Waals surface area (Å²) in [5.41, 5.74) is 6.75. The number of ketones is 1. The zero-order valence-corrected chi connectivity index (χ0v) is 11.2. The van der Waals surface area contributed by atoms with E-state index in [1.54, 1.807) is 18.2 Å². The Labute approximate surface area is 120 Å². The van der Waals surface area contributed by atoms with Crippen LogP contribution >= 0.6 is 11.6 Å². The van der Waals surface area contributed by atoms with Crippen LogP contribution in [-0.4, -0.2) is 5.78 Å². The molecule has 0 aliphatic carbocycles. The molecule has 0 saturated heterocycles. The molecule has 0 aromatic heterocycles. The molecule has 1 atom stereocenters. The standard InChI is InChI=1S/C15H11ClFNO2/c16-11-4-2-1-3-9(11)14-7-13(19)10-5-8(17)6-12(18)15(10)20-14/h1-6,14H,7,18H2. The van der Waals surface area contributed by atoms with Crippen molar-refractivity contribution < 1.29 is 13.9 Å². The van der Waals surface area contributed by atoms with Gasteiger partial charge in [0.1, 0.15) is 11.9 Å². The van der Waals surface area contributed by atoms with E-state index in [9.17, 15) is 9.18 Å². The van der Waals surface area contributed by atoms with E-state index in [2.05, 4.69) is 0 Å². The summed E-state index contributed by atoms with van der Waals surface area (Å²) < 4.78 is 19.1. The maximum Gasteiger partial charge on any atom is 0.170 e. The molecule has 5 heteroatoms. The molecule has 20 heavy (non-hydrogen) atoms. The number of anilines is 1. The van der Waals surface area contributed by atoms with Gasteiger partial charge in [0.25, 0.3) is 0 Å². The predicted molar refractivity (Wildman–Crippen MR) is 74.6 cm³/mol. The summed E-state index contributed by atoms with van der Waals surface area (Å²) in [4.78, 5) is 12.1. The minimum Gasteiger partial charge on any atom is -0.482 e. The quantitative estimate of drug-likeness (QED) is 0.814. The maximum absolute atomic E-state index is 13.3. The van der Waals surface area contributed by atoms with Gasteiger partial charge in [-0.05, 0) is 12.1 Å². The van der Waals surface area contributed by atoms with Gasteiger partial charge in [-0.3, -0.25) is 4.79 Å². The maximum atomic E-state index is 13.3. The lowest BCUT2D eigenvalue weighted by molar-refractivity contribution is 0.0851. The van der Waals surface area contributed by atoms with Gasteiger partial charge in [-0.15, -0.1) is 0 Å². The third-order valence-electron chi connectivity index (χ3n) is 3.27. The number of hydrogen-bond donors (Lipinski definition) is 1. The first-order chi connectivity index (χ1) is 9.56. The van der Waals surface area contributed by atoms with Crippen molar-refractivity contribution in [2.24, 2.45) is 0 Å². The van der Waals surface area contributed by atoms with Gasteiger partial charge in [-0.25, -0.2) is 4.39 Å². The van der Waals surface area contributed by atoms with Crippen molar-refractivity contribution in [3.63, 3.8) is 0 Å². The van der Waals surface area contributed by atoms with Crippen LogP contribution in [0, 0.1) is 5.82 Å². The second-order valence-corrected chi connectivity index (χ2v) is 5.03. The number of rotatable bonds is 1. The van der Waals surface area contributed by atoms with E-state index in [4.69, 9.17) is 22.1 Å². The van der Waals surface area contributed by atoms with E-state index in [-0.39, 0.29) is 29.2 Å². The number of halogens is 2. The van der Waals surface area contributed by atoms with Crippen molar-refractivity contribution in [2.45, 2.75) is 12.5 Å². The third kappa shape index (κ3) is 2.12. The van der Waals surface area contributed by atoms with Gasteiger partial charge in [-0.1, -0.05) is 29.8 Å². The second kappa shape index (κ2) is 4.80. The largest absolute Gasteiger partial charge is 0.482 e. The molecule has 1 heterocycles. The van der Waals surface area contributed by atoms with Crippen LogP contribution in [0.5, 0.6) is 5.75 Å². The van der Waals surface area contributed by atoms with E-state index in [1.807, 2.05) is 6.07 Å². The molecule has 1 unspecified atom stereocenters. The molecule has 0 fully saturated rings. The van der Waals surface area contributed by atoms with Crippen LogP contribution in [0.1, 0.15) is 28.4 Å². The molecule has 1 aliphatic rings. The Kier molecular flexibility index (Phi) is 3.10. The summed E-state index contributed by atoms with van der Waals surface area (Å²) in [6.45, 7) is 0. The summed E-state index contributed by atoms with van der Waals surface area (Å²) in [5, 5.41) is 0.523. The number of Topliss-reactive ketones (excluding diaryl/α,β-unsaturated/α-hetero) is 1. The Morgan fingerprint density at radius 1 is 1.30 bits per heavy atom. The number of benzene rings is 2. The number of carbonyl (C=O) groups excluding carboxylic acids is 1. The zero-order valence-electron chi connectivity index (χ0n) is 10.4. The van der Waals surface area contributed by atoms with Crippen molar-refractivity contribution >= 4 is 23.1 Å². The average Bonchev–Trinajstić information content (AvgIpc) is 2.40. The second-order valence-electron chi connectivity index (χ2n) is 4.63. The molecule has 3 rings (SSSR count). The predicted octanol–water partition coefficient (Wildman–Crippen LogP) is 3.77. The van der Waals surface area contributed by atoms with E-state index in [0.717, 1.165) is 17.7 Å². The molecular formula is C15H11ClFNO2. The van der Waals surface area contributed by atoms with Gasteiger partial charge in [0.05, 0.1) is 17.7 Å². The number of ether oxygens (including phenoxy) is 1. The molecule has 0 amide bonds. The number of hydrogen-bond acceptors (Lipinski definition) is 3. The Morgan fingerprint density at radius 2 is 2.05 bits per heavy atom. The van der Waals surface area contributed by atoms with Gasteiger partial charge in [0.2, 0.25) is 0 Å². The third-order valence-corrected chi connectivity index (χ3v) is 3.61. The highest BCUT2D eigenvalue weighted by Crippen LogP contribution is 2.40. The summed E-state index contributed by atoms with van der Waals surface area (Å²) in [6, 6.07) is 9.43. The minimum atomic E-state index is -0.547.